The van der Waals surface area contributed by atoms with E-state index in [0.29, 0.717) is 18.1 Å². The highest BCUT2D eigenvalue weighted by molar-refractivity contribution is 7.92. The number of hydrogen-bond acceptors (Lipinski definition) is 9. The lowest BCUT2D eigenvalue weighted by atomic mass is 10.00. The molecule has 2 aromatic heterocycles. The Hall–Kier alpha value is -4.79. The molecule has 0 radical (unpaired) electrons. The molecule has 4 aromatic rings. The zero-order valence-corrected chi connectivity index (χ0v) is 23.6. The fourth-order valence-corrected chi connectivity index (χ4v) is 6.08. The number of carbonyl (C=O) groups is 1. The van der Waals surface area contributed by atoms with Crippen LogP contribution in [0.25, 0.3) is 11.3 Å². The maximum Gasteiger partial charge on any atom is 0.419 e. The smallest absolute Gasteiger partial charge is 0.419 e. The predicted molar refractivity (Wildman–Crippen MR) is 149 cm³/mol. The Balaban J connectivity index is 1.44. The number of ether oxygens (including phenoxy) is 1. The van der Waals surface area contributed by atoms with Crippen molar-refractivity contribution in [2.45, 2.75) is 37.1 Å². The van der Waals surface area contributed by atoms with Crippen LogP contribution in [-0.2, 0) is 16.2 Å². The lowest BCUT2D eigenvalue weighted by Crippen LogP contribution is -2.45. The molecular formula is C28H24F3N7O4S. The van der Waals surface area contributed by atoms with Crippen LogP contribution in [0.3, 0.4) is 0 Å². The van der Waals surface area contributed by atoms with Gasteiger partial charge in [-0.3, -0.25) is 4.79 Å². The number of sulfonamides is 1. The molecule has 1 saturated heterocycles. The van der Waals surface area contributed by atoms with Crippen LogP contribution in [-0.4, -0.2) is 59.5 Å². The number of nitrogens with zero attached hydrogens (tertiary/aromatic N) is 5. The summed E-state index contributed by atoms with van der Waals surface area (Å²) in [6.07, 6.45) is -3.98. The number of benzene rings is 2. The van der Waals surface area contributed by atoms with E-state index < -0.39 is 39.8 Å². The number of aryl methyl sites for hydroxylation is 2. The van der Waals surface area contributed by atoms with Crippen LogP contribution in [0.5, 0.6) is 5.88 Å². The molecule has 4 heterocycles. The molecule has 0 unspecified atom stereocenters. The number of amides is 1. The SMILES string of the molecule is Cc1cccc(C)c1-c1cc2nc(n1)NS(=O)(=O)c1cccc(c1)C(=O)N[C@@H]1CN(c3ncc(C(F)(F)F)cn3)C[C@H]1O2. The van der Waals surface area contributed by atoms with Gasteiger partial charge in [0.25, 0.3) is 15.9 Å². The summed E-state index contributed by atoms with van der Waals surface area (Å²) in [5, 5.41) is 2.86. The molecule has 2 aliphatic rings. The fourth-order valence-electron chi connectivity index (χ4n) is 5.09. The van der Waals surface area contributed by atoms with E-state index in [2.05, 4.69) is 30.0 Å². The second kappa shape index (κ2) is 10.5. The molecule has 1 amide bonds. The first kappa shape index (κ1) is 28.3. The zero-order valence-electron chi connectivity index (χ0n) is 22.8. The van der Waals surface area contributed by atoms with Gasteiger partial charge in [-0.2, -0.15) is 18.2 Å². The summed E-state index contributed by atoms with van der Waals surface area (Å²) in [5.74, 6) is -0.764. The minimum absolute atomic E-state index is 0.0221. The predicted octanol–water partition coefficient (Wildman–Crippen LogP) is 3.75. The van der Waals surface area contributed by atoms with Gasteiger partial charge in [-0.05, 0) is 43.2 Å². The molecule has 2 N–H and O–H groups in total. The highest BCUT2D eigenvalue weighted by Crippen LogP contribution is 2.32. The normalized spacial score (nSPS) is 19.6. The number of aromatic nitrogens is 4. The number of hydrogen-bond donors (Lipinski definition) is 2. The second-order valence-electron chi connectivity index (χ2n) is 10.2. The number of rotatable bonds is 2. The number of carbonyl (C=O) groups excluding carboxylic acids is 1. The van der Waals surface area contributed by atoms with Crippen LogP contribution in [0.4, 0.5) is 25.1 Å². The molecule has 0 spiro atoms. The van der Waals surface area contributed by atoms with Gasteiger partial charge in [-0.1, -0.05) is 24.3 Å². The van der Waals surface area contributed by atoms with Gasteiger partial charge in [0.15, 0.2) is 0 Å². The highest BCUT2D eigenvalue weighted by atomic mass is 32.2. The summed E-state index contributed by atoms with van der Waals surface area (Å²) in [6, 6.07) is 12.0. The number of anilines is 2. The van der Waals surface area contributed by atoms with Gasteiger partial charge in [0.1, 0.15) is 6.10 Å². The second-order valence-corrected chi connectivity index (χ2v) is 11.9. The average Bonchev–Trinajstić information content (AvgIpc) is 3.33. The van der Waals surface area contributed by atoms with Crippen LogP contribution in [0.15, 0.2) is 65.8 Å². The van der Waals surface area contributed by atoms with Crippen LogP contribution >= 0.6 is 0 Å². The van der Waals surface area contributed by atoms with E-state index in [1.165, 1.54) is 24.3 Å². The molecular weight excluding hydrogens is 587 g/mol. The van der Waals surface area contributed by atoms with Crippen LogP contribution < -0.4 is 19.7 Å². The third-order valence-corrected chi connectivity index (χ3v) is 8.50. The van der Waals surface area contributed by atoms with Gasteiger partial charge >= 0.3 is 6.18 Å². The molecule has 0 saturated carbocycles. The van der Waals surface area contributed by atoms with Crippen molar-refractivity contribution >= 4 is 27.8 Å². The molecule has 0 aliphatic carbocycles. The zero-order chi connectivity index (χ0) is 30.5. The van der Waals surface area contributed by atoms with Crippen molar-refractivity contribution in [3.05, 3.63) is 83.2 Å². The molecule has 1 fully saturated rings. The first-order valence-electron chi connectivity index (χ1n) is 13.1. The van der Waals surface area contributed by atoms with Gasteiger partial charge in [-0.25, -0.2) is 28.1 Å². The van der Waals surface area contributed by atoms with Crippen molar-refractivity contribution in [3.8, 4) is 17.1 Å². The van der Waals surface area contributed by atoms with Crippen molar-refractivity contribution in [2.75, 3.05) is 22.7 Å². The fraction of sp³-hybridized carbons (Fsp3) is 0.250. The Labute approximate surface area is 244 Å². The van der Waals surface area contributed by atoms with Gasteiger partial charge in [0.2, 0.25) is 17.8 Å². The minimum atomic E-state index is -4.59. The van der Waals surface area contributed by atoms with Crippen LogP contribution in [0, 0.1) is 13.8 Å². The third-order valence-electron chi connectivity index (χ3n) is 7.18. The Kier molecular flexibility index (Phi) is 6.91. The van der Waals surface area contributed by atoms with Crippen molar-refractivity contribution < 1.29 is 31.1 Å². The molecule has 43 heavy (non-hydrogen) atoms. The van der Waals surface area contributed by atoms with Gasteiger partial charge < -0.3 is 15.0 Å². The molecule has 222 valence electrons. The summed E-state index contributed by atoms with van der Waals surface area (Å²) < 4.78 is 74.4. The van der Waals surface area contributed by atoms with E-state index in [-0.39, 0.29) is 41.3 Å². The number of nitrogens with one attached hydrogen (secondary N) is 2. The molecule has 2 aliphatic heterocycles. The van der Waals surface area contributed by atoms with Gasteiger partial charge in [-0.15, -0.1) is 0 Å². The summed E-state index contributed by atoms with van der Waals surface area (Å²) in [7, 11) is -4.19. The molecule has 4 bridgehead atoms. The Bertz CT molecular complexity index is 1820. The summed E-state index contributed by atoms with van der Waals surface area (Å²) >= 11 is 0. The largest absolute Gasteiger partial charge is 0.470 e. The van der Waals surface area contributed by atoms with Crippen LogP contribution in [0.1, 0.15) is 27.0 Å². The topological polar surface area (TPSA) is 139 Å². The molecule has 15 heteroatoms. The molecule has 11 nitrogen and oxygen atoms in total. The van der Waals surface area contributed by atoms with Crippen molar-refractivity contribution in [2.24, 2.45) is 0 Å². The van der Waals surface area contributed by atoms with Crippen molar-refractivity contribution in [1.29, 1.82) is 0 Å². The number of fused-ring (bicyclic) bond motifs is 5. The Morgan fingerprint density at radius 2 is 1.67 bits per heavy atom. The standard InChI is InChI=1S/C28H24F3N7O4S/c1-15-5-3-6-16(2)24(15)20-10-23-36-26(35-20)37-43(40,41)19-8-4-7-17(9-19)25(39)34-21-13-38(14-22(21)42-23)27-32-11-18(12-33-27)28(29,30)31/h3-12,21-22H,13-14H2,1-2H3,(H,34,39)(H,35,36,37)/t21-,22-/m1/s1. The monoisotopic (exact) mass is 611 g/mol. The van der Waals surface area contributed by atoms with E-state index in [1.807, 2.05) is 32.0 Å². The molecule has 6 rings (SSSR count). The first-order valence-corrected chi connectivity index (χ1v) is 14.6. The van der Waals surface area contributed by atoms with E-state index in [0.717, 1.165) is 16.7 Å². The van der Waals surface area contributed by atoms with E-state index in [9.17, 15) is 26.4 Å². The Morgan fingerprint density at radius 1 is 0.977 bits per heavy atom. The first-order chi connectivity index (χ1) is 20.4. The molecule has 2 atom stereocenters. The van der Waals surface area contributed by atoms with E-state index in [4.69, 9.17) is 4.74 Å². The summed E-state index contributed by atoms with van der Waals surface area (Å²) in [4.78, 5) is 31.3. The summed E-state index contributed by atoms with van der Waals surface area (Å²) in [5.41, 5.74) is 2.04. The van der Waals surface area contributed by atoms with Crippen LogP contribution in [0.2, 0.25) is 0 Å². The van der Waals surface area contributed by atoms with Crippen molar-refractivity contribution in [1.82, 2.24) is 25.3 Å². The van der Waals surface area contributed by atoms with Gasteiger partial charge in [0, 0.05) is 36.1 Å². The Morgan fingerprint density at radius 3 is 2.37 bits per heavy atom. The third kappa shape index (κ3) is 5.67. The maximum absolute atomic E-state index is 13.3. The molecule has 2 aromatic carbocycles. The van der Waals surface area contributed by atoms with Gasteiger partial charge in [0.05, 0.1) is 28.7 Å². The number of halogens is 3. The number of alkyl halides is 3. The van der Waals surface area contributed by atoms with E-state index >= 15 is 0 Å². The summed E-state index contributed by atoms with van der Waals surface area (Å²) in [6.45, 7) is 3.97. The minimum Gasteiger partial charge on any atom is -0.470 e. The lowest BCUT2D eigenvalue weighted by molar-refractivity contribution is -0.138. The van der Waals surface area contributed by atoms with E-state index in [1.54, 1.807) is 11.0 Å². The quantitative estimate of drug-likeness (QED) is 0.347. The lowest BCUT2D eigenvalue weighted by Gasteiger charge is -2.21. The maximum atomic E-state index is 13.3. The van der Waals surface area contributed by atoms with Crippen molar-refractivity contribution in [3.63, 3.8) is 0 Å². The average molecular weight is 612 g/mol. The highest BCUT2D eigenvalue weighted by Gasteiger charge is 2.39.